The van der Waals surface area contributed by atoms with Crippen LogP contribution in [0.2, 0.25) is 0 Å². The van der Waals surface area contributed by atoms with Gasteiger partial charge in [-0.05, 0) is 37.7 Å². The second-order valence-electron chi connectivity index (χ2n) is 6.30. The number of H-pyrrole nitrogens is 1. The molecule has 0 saturated carbocycles. The monoisotopic (exact) mass is 342 g/mol. The first kappa shape index (κ1) is 17.5. The third kappa shape index (κ3) is 4.20. The number of aromatic amines is 1. The van der Waals surface area contributed by atoms with Crippen LogP contribution in [0.4, 0.5) is 0 Å². The van der Waals surface area contributed by atoms with Crippen molar-refractivity contribution in [2.24, 2.45) is 0 Å². The Hall–Kier alpha value is -2.34. The summed E-state index contributed by atoms with van der Waals surface area (Å²) in [4.78, 5) is 17.0. The molecule has 1 N–H and O–H groups in total. The Kier molecular flexibility index (Phi) is 5.71. The van der Waals surface area contributed by atoms with Gasteiger partial charge in [0.1, 0.15) is 12.4 Å². The lowest BCUT2D eigenvalue weighted by atomic mass is 10.2. The first-order valence-electron chi connectivity index (χ1n) is 8.96. The molecule has 3 rings (SSSR count). The third-order valence-electron chi connectivity index (χ3n) is 4.77. The maximum atomic E-state index is 12.7. The van der Waals surface area contributed by atoms with Gasteiger partial charge in [0.25, 0.3) is 5.91 Å². The summed E-state index contributed by atoms with van der Waals surface area (Å²) in [6.45, 7) is 8.32. The summed E-state index contributed by atoms with van der Waals surface area (Å²) in [7, 11) is 0. The smallest absolute Gasteiger partial charge is 0.274 e. The maximum absolute atomic E-state index is 12.7. The number of likely N-dealkylation sites (N-methyl/N-ethyl adjacent to an activating group) is 1. The fraction of sp³-hybridized carbons (Fsp3) is 0.474. The van der Waals surface area contributed by atoms with Crippen LogP contribution >= 0.6 is 0 Å². The van der Waals surface area contributed by atoms with Crippen LogP contribution in [0, 0.1) is 0 Å². The molecule has 0 aliphatic carbocycles. The van der Waals surface area contributed by atoms with E-state index in [1.165, 1.54) is 0 Å². The minimum absolute atomic E-state index is 0.00290. The van der Waals surface area contributed by atoms with E-state index < -0.39 is 0 Å². The number of para-hydroxylation sites is 1. The van der Waals surface area contributed by atoms with Crippen molar-refractivity contribution in [3.8, 4) is 5.75 Å². The van der Waals surface area contributed by atoms with E-state index in [1.54, 1.807) is 6.07 Å². The molecule has 134 valence electrons. The molecular weight excluding hydrogens is 316 g/mol. The molecule has 2 heterocycles. The molecule has 1 unspecified atom stereocenters. The van der Waals surface area contributed by atoms with Crippen LogP contribution in [-0.4, -0.2) is 58.1 Å². The van der Waals surface area contributed by atoms with Crippen LogP contribution in [-0.2, 0) is 6.61 Å². The van der Waals surface area contributed by atoms with Crippen molar-refractivity contribution >= 4 is 5.91 Å². The van der Waals surface area contributed by atoms with Crippen LogP contribution in [0.15, 0.2) is 36.4 Å². The number of hydrogen-bond donors (Lipinski definition) is 1. The molecule has 1 amide bonds. The molecule has 1 fully saturated rings. The summed E-state index contributed by atoms with van der Waals surface area (Å²) in [5.41, 5.74) is 1.26. The molecule has 6 heteroatoms. The number of rotatable bonds is 7. The van der Waals surface area contributed by atoms with Gasteiger partial charge in [-0.3, -0.25) is 14.8 Å². The molecule has 1 aliphatic rings. The van der Waals surface area contributed by atoms with E-state index in [0.29, 0.717) is 18.3 Å². The SMILES string of the molecule is CCN(CC)C1CCN(C(=O)c2cc(COc3ccccc3)[nH]n2)C1. The fourth-order valence-corrected chi connectivity index (χ4v) is 3.35. The van der Waals surface area contributed by atoms with Gasteiger partial charge < -0.3 is 9.64 Å². The van der Waals surface area contributed by atoms with E-state index in [9.17, 15) is 4.79 Å². The van der Waals surface area contributed by atoms with Crippen LogP contribution in [0.3, 0.4) is 0 Å². The summed E-state index contributed by atoms with van der Waals surface area (Å²) in [5.74, 6) is 0.795. The molecule has 1 aliphatic heterocycles. The van der Waals surface area contributed by atoms with Gasteiger partial charge in [-0.1, -0.05) is 32.0 Å². The summed E-state index contributed by atoms with van der Waals surface area (Å²) >= 11 is 0. The number of amides is 1. The van der Waals surface area contributed by atoms with Gasteiger partial charge in [0.05, 0.1) is 5.69 Å². The summed E-state index contributed by atoms with van der Waals surface area (Å²) in [6.07, 6.45) is 1.03. The second kappa shape index (κ2) is 8.16. The lowest BCUT2D eigenvalue weighted by Crippen LogP contribution is -2.38. The molecular formula is C19H26N4O2. The summed E-state index contributed by atoms with van der Waals surface area (Å²) in [5, 5.41) is 7.08. The number of benzene rings is 1. The van der Waals surface area contributed by atoms with Gasteiger partial charge in [0.2, 0.25) is 0 Å². The molecule has 0 bridgehead atoms. The van der Waals surface area contributed by atoms with Crippen molar-refractivity contribution in [2.45, 2.75) is 32.9 Å². The summed E-state index contributed by atoms with van der Waals surface area (Å²) in [6, 6.07) is 11.9. The van der Waals surface area contributed by atoms with E-state index in [1.807, 2.05) is 35.2 Å². The highest BCUT2D eigenvalue weighted by molar-refractivity contribution is 5.92. The number of carbonyl (C=O) groups is 1. The van der Waals surface area contributed by atoms with Gasteiger partial charge in [0, 0.05) is 19.1 Å². The third-order valence-corrected chi connectivity index (χ3v) is 4.77. The Bertz CT molecular complexity index is 682. The Balaban J connectivity index is 1.56. The zero-order valence-electron chi connectivity index (χ0n) is 14.9. The van der Waals surface area contributed by atoms with Crippen molar-refractivity contribution in [1.82, 2.24) is 20.0 Å². The zero-order valence-corrected chi connectivity index (χ0v) is 14.9. The van der Waals surface area contributed by atoms with E-state index in [-0.39, 0.29) is 5.91 Å². The van der Waals surface area contributed by atoms with Gasteiger partial charge in [-0.25, -0.2) is 0 Å². The normalized spacial score (nSPS) is 17.2. The number of likely N-dealkylation sites (tertiary alicyclic amines) is 1. The largest absolute Gasteiger partial charge is 0.487 e. The number of nitrogens with zero attached hydrogens (tertiary/aromatic N) is 3. The van der Waals surface area contributed by atoms with Crippen molar-refractivity contribution in [3.05, 3.63) is 47.8 Å². The Labute approximate surface area is 148 Å². The predicted molar refractivity (Wildman–Crippen MR) is 96.6 cm³/mol. The van der Waals surface area contributed by atoms with Crippen LogP contribution in [0.5, 0.6) is 5.75 Å². The average molecular weight is 342 g/mol. The Morgan fingerprint density at radius 1 is 1.32 bits per heavy atom. The molecule has 1 atom stereocenters. The van der Waals surface area contributed by atoms with Crippen LogP contribution in [0.25, 0.3) is 0 Å². The topological polar surface area (TPSA) is 61.5 Å². The Morgan fingerprint density at radius 2 is 2.08 bits per heavy atom. The van der Waals surface area contributed by atoms with E-state index in [2.05, 4.69) is 28.9 Å². The molecule has 0 radical (unpaired) electrons. The van der Waals surface area contributed by atoms with Crippen molar-refractivity contribution in [1.29, 1.82) is 0 Å². The van der Waals surface area contributed by atoms with Crippen molar-refractivity contribution < 1.29 is 9.53 Å². The highest BCUT2D eigenvalue weighted by atomic mass is 16.5. The fourth-order valence-electron chi connectivity index (χ4n) is 3.35. The minimum Gasteiger partial charge on any atom is -0.487 e. The molecule has 6 nitrogen and oxygen atoms in total. The number of ether oxygens (including phenoxy) is 1. The second-order valence-corrected chi connectivity index (χ2v) is 6.30. The lowest BCUT2D eigenvalue weighted by Gasteiger charge is -2.25. The predicted octanol–water partition coefficient (Wildman–Crippen LogP) is 2.54. The molecule has 1 aromatic carbocycles. The minimum atomic E-state index is -0.00290. The summed E-state index contributed by atoms with van der Waals surface area (Å²) < 4.78 is 5.69. The lowest BCUT2D eigenvalue weighted by molar-refractivity contribution is 0.0772. The quantitative estimate of drug-likeness (QED) is 0.840. The highest BCUT2D eigenvalue weighted by Gasteiger charge is 2.30. The van der Waals surface area contributed by atoms with Crippen molar-refractivity contribution in [3.63, 3.8) is 0 Å². The van der Waals surface area contributed by atoms with E-state index in [4.69, 9.17) is 4.74 Å². The number of hydrogen-bond acceptors (Lipinski definition) is 4. The average Bonchev–Trinajstić information content (AvgIpc) is 3.31. The molecule has 2 aromatic rings. The molecule has 1 aromatic heterocycles. The number of nitrogens with one attached hydrogen (secondary N) is 1. The zero-order chi connectivity index (χ0) is 17.6. The van der Waals surface area contributed by atoms with Gasteiger partial charge in [-0.2, -0.15) is 5.10 Å². The first-order valence-corrected chi connectivity index (χ1v) is 8.96. The standard InChI is InChI=1S/C19H26N4O2/c1-3-22(4-2)16-10-11-23(13-16)19(24)18-12-15(20-21-18)14-25-17-8-6-5-7-9-17/h5-9,12,16H,3-4,10-11,13-14H2,1-2H3,(H,20,21). The highest BCUT2D eigenvalue weighted by Crippen LogP contribution is 2.18. The number of carbonyl (C=O) groups excluding carboxylic acids is 1. The van der Waals surface area contributed by atoms with E-state index >= 15 is 0 Å². The van der Waals surface area contributed by atoms with Crippen LogP contribution in [0.1, 0.15) is 36.5 Å². The van der Waals surface area contributed by atoms with Gasteiger partial charge >= 0.3 is 0 Å². The molecule has 25 heavy (non-hydrogen) atoms. The molecule has 0 spiro atoms. The van der Waals surface area contributed by atoms with Gasteiger partial charge in [0.15, 0.2) is 5.69 Å². The first-order chi connectivity index (χ1) is 12.2. The van der Waals surface area contributed by atoms with E-state index in [0.717, 1.165) is 44.0 Å². The van der Waals surface area contributed by atoms with Gasteiger partial charge in [-0.15, -0.1) is 0 Å². The van der Waals surface area contributed by atoms with Crippen LogP contribution < -0.4 is 4.74 Å². The molecule has 1 saturated heterocycles. The Morgan fingerprint density at radius 3 is 2.80 bits per heavy atom. The maximum Gasteiger partial charge on any atom is 0.274 e. The number of aromatic nitrogens is 2. The van der Waals surface area contributed by atoms with Crippen molar-refractivity contribution in [2.75, 3.05) is 26.2 Å².